The summed E-state index contributed by atoms with van der Waals surface area (Å²) in [5.41, 5.74) is 6.02. The van der Waals surface area contributed by atoms with Crippen LogP contribution in [0.4, 0.5) is 10.1 Å². The Kier molecular flexibility index (Phi) is 5.88. The molecule has 0 radical (unpaired) electrons. The Balaban J connectivity index is 2.40. The minimum atomic E-state index is -0.560. The van der Waals surface area contributed by atoms with Crippen molar-refractivity contribution in [2.75, 3.05) is 18.9 Å². The Morgan fingerprint density at radius 2 is 2.22 bits per heavy atom. The van der Waals surface area contributed by atoms with Gasteiger partial charge in [0.15, 0.2) is 0 Å². The van der Waals surface area contributed by atoms with Crippen molar-refractivity contribution < 1.29 is 18.7 Å². The molecule has 0 spiro atoms. The molecule has 0 bridgehead atoms. The zero-order valence-corrected chi connectivity index (χ0v) is 10.8. The van der Waals surface area contributed by atoms with Gasteiger partial charge in [0, 0.05) is 5.02 Å². The minimum absolute atomic E-state index is 0.0170. The third-order valence-corrected chi connectivity index (χ3v) is 2.53. The van der Waals surface area contributed by atoms with Gasteiger partial charge in [-0.3, -0.25) is 4.79 Å². The van der Waals surface area contributed by atoms with E-state index in [1.807, 2.05) is 0 Å². The summed E-state index contributed by atoms with van der Waals surface area (Å²) in [4.78, 5) is 11.0. The Morgan fingerprint density at radius 1 is 1.50 bits per heavy atom. The van der Waals surface area contributed by atoms with Crippen LogP contribution in [0, 0.1) is 5.82 Å². The number of carbonyl (C=O) groups excluding carboxylic acids is 1. The largest absolute Gasteiger partial charge is 0.466 e. The van der Waals surface area contributed by atoms with Crippen LogP contribution in [0.2, 0.25) is 5.02 Å². The SMILES string of the molecule is CCOC(=O)CCOCc1cc(N)c(F)cc1Cl. The number of esters is 1. The first kappa shape index (κ1) is 14.7. The van der Waals surface area contributed by atoms with Crippen molar-refractivity contribution in [3.05, 3.63) is 28.5 Å². The van der Waals surface area contributed by atoms with E-state index in [0.717, 1.165) is 6.07 Å². The van der Waals surface area contributed by atoms with Crippen molar-refractivity contribution >= 4 is 23.3 Å². The second-order valence-corrected chi connectivity index (χ2v) is 3.98. The molecule has 6 heteroatoms. The van der Waals surface area contributed by atoms with Crippen LogP contribution in [-0.2, 0) is 20.9 Å². The van der Waals surface area contributed by atoms with E-state index in [0.29, 0.717) is 12.2 Å². The number of anilines is 1. The molecule has 0 aromatic heterocycles. The van der Waals surface area contributed by atoms with Gasteiger partial charge in [-0.25, -0.2) is 4.39 Å². The minimum Gasteiger partial charge on any atom is -0.466 e. The highest BCUT2D eigenvalue weighted by atomic mass is 35.5. The molecular weight excluding hydrogens is 261 g/mol. The lowest BCUT2D eigenvalue weighted by molar-refractivity contribution is -0.144. The van der Waals surface area contributed by atoms with Crippen LogP contribution in [0.15, 0.2) is 12.1 Å². The number of carbonyl (C=O) groups is 1. The van der Waals surface area contributed by atoms with E-state index in [1.165, 1.54) is 6.07 Å². The number of ether oxygens (including phenoxy) is 2. The van der Waals surface area contributed by atoms with Gasteiger partial charge in [0.05, 0.1) is 31.9 Å². The third kappa shape index (κ3) is 4.50. The van der Waals surface area contributed by atoms with Gasteiger partial charge in [-0.15, -0.1) is 0 Å². The van der Waals surface area contributed by atoms with Crippen LogP contribution in [-0.4, -0.2) is 19.2 Å². The average molecular weight is 276 g/mol. The van der Waals surface area contributed by atoms with Crippen molar-refractivity contribution in [3.8, 4) is 0 Å². The molecule has 0 saturated heterocycles. The summed E-state index contributed by atoms with van der Waals surface area (Å²) in [6.45, 7) is 2.47. The second-order valence-electron chi connectivity index (χ2n) is 3.57. The maximum absolute atomic E-state index is 13.0. The summed E-state index contributed by atoms with van der Waals surface area (Å²) in [6.07, 6.45) is 0.169. The topological polar surface area (TPSA) is 61.5 Å². The lowest BCUT2D eigenvalue weighted by atomic mass is 10.2. The Hall–Kier alpha value is -1.33. The van der Waals surface area contributed by atoms with Gasteiger partial charge in [-0.05, 0) is 24.6 Å². The van der Waals surface area contributed by atoms with E-state index in [1.54, 1.807) is 6.92 Å². The number of benzene rings is 1. The molecule has 1 aromatic carbocycles. The molecule has 0 amide bonds. The van der Waals surface area contributed by atoms with Crippen molar-refractivity contribution in [1.82, 2.24) is 0 Å². The van der Waals surface area contributed by atoms with Gasteiger partial charge in [0.2, 0.25) is 0 Å². The molecule has 0 saturated carbocycles. The standard InChI is InChI=1S/C12H15ClFNO3/c1-2-18-12(16)3-4-17-7-8-5-11(15)10(14)6-9(8)13/h5-6H,2-4,7,15H2,1H3. The lowest BCUT2D eigenvalue weighted by Crippen LogP contribution is -2.08. The first-order valence-electron chi connectivity index (χ1n) is 5.51. The summed E-state index contributed by atoms with van der Waals surface area (Å²) >= 11 is 5.83. The quantitative estimate of drug-likeness (QED) is 0.492. The molecule has 0 atom stereocenters. The predicted molar refractivity (Wildman–Crippen MR) is 66.7 cm³/mol. The highest BCUT2D eigenvalue weighted by Gasteiger charge is 2.07. The summed E-state index contributed by atoms with van der Waals surface area (Å²) in [5.74, 6) is -0.877. The number of rotatable bonds is 6. The van der Waals surface area contributed by atoms with E-state index in [4.69, 9.17) is 26.8 Å². The van der Waals surface area contributed by atoms with Crippen LogP contribution < -0.4 is 5.73 Å². The van der Waals surface area contributed by atoms with E-state index >= 15 is 0 Å². The zero-order valence-electron chi connectivity index (χ0n) is 10.0. The molecule has 18 heavy (non-hydrogen) atoms. The first-order valence-corrected chi connectivity index (χ1v) is 5.89. The van der Waals surface area contributed by atoms with Crippen LogP contribution in [0.25, 0.3) is 0 Å². The molecule has 0 aliphatic carbocycles. The number of nitrogens with two attached hydrogens (primary N) is 1. The fourth-order valence-electron chi connectivity index (χ4n) is 1.29. The van der Waals surface area contributed by atoms with Gasteiger partial charge in [0.1, 0.15) is 5.82 Å². The molecule has 0 unspecified atom stereocenters. The van der Waals surface area contributed by atoms with Crippen LogP contribution in [0.5, 0.6) is 0 Å². The molecular formula is C12H15ClFNO3. The van der Waals surface area contributed by atoms with Gasteiger partial charge in [-0.1, -0.05) is 11.6 Å². The smallest absolute Gasteiger partial charge is 0.308 e. The number of hydrogen-bond acceptors (Lipinski definition) is 4. The summed E-state index contributed by atoms with van der Waals surface area (Å²) < 4.78 is 23.0. The summed E-state index contributed by atoms with van der Waals surface area (Å²) in [7, 11) is 0. The van der Waals surface area contributed by atoms with Gasteiger partial charge >= 0.3 is 5.97 Å². The second kappa shape index (κ2) is 7.18. The zero-order chi connectivity index (χ0) is 13.5. The van der Waals surface area contributed by atoms with E-state index in [2.05, 4.69) is 0 Å². The maximum Gasteiger partial charge on any atom is 0.308 e. The highest BCUT2D eigenvalue weighted by Crippen LogP contribution is 2.22. The molecule has 0 fully saturated rings. The monoisotopic (exact) mass is 275 g/mol. The Bertz CT molecular complexity index is 426. The first-order chi connectivity index (χ1) is 8.54. The maximum atomic E-state index is 13.0. The van der Waals surface area contributed by atoms with Crippen LogP contribution >= 0.6 is 11.6 Å². The molecule has 0 aliphatic heterocycles. The number of nitrogen functional groups attached to an aromatic ring is 1. The van der Waals surface area contributed by atoms with E-state index in [-0.39, 0.29) is 36.3 Å². The van der Waals surface area contributed by atoms with Crippen LogP contribution in [0.1, 0.15) is 18.9 Å². The van der Waals surface area contributed by atoms with Crippen molar-refractivity contribution in [3.63, 3.8) is 0 Å². The van der Waals surface area contributed by atoms with Crippen LogP contribution in [0.3, 0.4) is 0 Å². The van der Waals surface area contributed by atoms with Gasteiger partial charge in [-0.2, -0.15) is 0 Å². The van der Waals surface area contributed by atoms with Gasteiger partial charge < -0.3 is 15.2 Å². The lowest BCUT2D eigenvalue weighted by Gasteiger charge is -2.07. The number of hydrogen-bond donors (Lipinski definition) is 1. The molecule has 4 nitrogen and oxygen atoms in total. The van der Waals surface area contributed by atoms with Gasteiger partial charge in [0.25, 0.3) is 0 Å². The molecule has 2 N–H and O–H groups in total. The third-order valence-electron chi connectivity index (χ3n) is 2.18. The Labute approximate surface area is 110 Å². The fourth-order valence-corrected chi connectivity index (χ4v) is 1.50. The number of halogens is 2. The fraction of sp³-hybridized carbons (Fsp3) is 0.417. The highest BCUT2D eigenvalue weighted by molar-refractivity contribution is 6.31. The normalized spacial score (nSPS) is 10.4. The molecule has 0 heterocycles. The molecule has 0 aliphatic rings. The molecule has 1 rings (SSSR count). The van der Waals surface area contributed by atoms with Crippen molar-refractivity contribution in [2.24, 2.45) is 0 Å². The summed E-state index contributed by atoms with van der Waals surface area (Å²) in [5, 5.41) is 0.248. The Morgan fingerprint density at radius 3 is 2.89 bits per heavy atom. The van der Waals surface area contributed by atoms with Crippen molar-refractivity contribution in [1.29, 1.82) is 0 Å². The van der Waals surface area contributed by atoms with E-state index < -0.39 is 5.82 Å². The molecule has 1 aromatic rings. The average Bonchev–Trinajstić information content (AvgIpc) is 2.31. The summed E-state index contributed by atoms with van der Waals surface area (Å²) in [6, 6.07) is 2.56. The predicted octanol–water partition coefficient (Wildman–Crippen LogP) is 2.53. The van der Waals surface area contributed by atoms with E-state index in [9.17, 15) is 9.18 Å². The molecule has 100 valence electrons. The van der Waals surface area contributed by atoms with Crippen molar-refractivity contribution in [2.45, 2.75) is 20.0 Å².